The number of hydrogen-bond acceptors (Lipinski definition) is 4. The lowest BCUT2D eigenvalue weighted by Crippen LogP contribution is -2.28. The van der Waals surface area contributed by atoms with E-state index in [4.69, 9.17) is 9.84 Å². The van der Waals surface area contributed by atoms with Gasteiger partial charge in [0.15, 0.2) is 0 Å². The fourth-order valence-corrected chi connectivity index (χ4v) is 1.52. The summed E-state index contributed by atoms with van der Waals surface area (Å²) in [4.78, 5) is 11.9. The van der Waals surface area contributed by atoms with E-state index in [1.165, 1.54) is 0 Å². The largest absolute Gasteiger partial charge is 0.394 e. The third-order valence-electron chi connectivity index (χ3n) is 2.31. The number of carbonyl (C=O) groups excluding carboxylic acids is 1. The molecule has 0 atom stereocenters. The van der Waals surface area contributed by atoms with Crippen molar-refractivity contribution in [2.75, 3.05) is 38.2 Å². The summed E-state index contributed by atoms with van der Waals surface area (Å²) < 4.78 is 5.07. The minimum Gasteiger partial charge on any atom is -0.394 e. The average molecular weight is 252 g/mol. The zero-order valence-electron chi connectivity index (χ0n) is 10.6. The molecule has 0 aromatic heterocycles. The summed E-state index contributed by atoms with van der Waals surface area (Å²) >= 11 is 0. The monoisotopic (exact) mass is 252 g/mol. The molecule has 1 rings (SSSR count). The summed E-state index contributed by atoms with van der Waals surface area (Å²) in [5.41, 5.74) is 1.45. The number of rotatable bonds is 8. The van der Waals surface area contributed by atoms with Crippen LogP contribution in [-0.2, 0) is 4.74 Å². The molecule has 0 fully saturated rings. The highest BCUT2D eigenvalue weighted by Gasteiger charge is 2.09. The maximum absolute atomic E-state index is 11.9. The highest BCUT2D eigenvalue weighted by Crippen LogP contribution is 2.14. The van der Waals surface area contributed by atoms with Gasteiger partial charge in [0.1, 0.15) is 0 Å². The predicted octanol–water partition coefficient (Wildman–Crippen LogP) is 0.857. The van der Waals surface area contributed by atoms with Crippen molar-refractivity contribution < 1.29 is 14.6 Å². The zero-order valence-corrected chi connectivity index (χ0v) is 10.6. The first kappa shape index (κ1) is 14.5. The van der Waals surface area contributed by atoms with E-state index in [-0.39, 0.29) is 12.5 Å². The van der Waals surface area contributed by atoms with Crippen LogP contribution in [0.2, 0.25) is 0 Å². The van der Waals surface area contributed by atoms with Crippen LogP contribution in [0.5, 0.6) is 0 Å². The Morgan fingerprint density at radius 1 is 1.33 bits per heavy atom. The van der Waals surface area contributed by atoms with Gasteiger partial charge in [-0.2, -0.15) is 0 Å². The quantitative estimate of drug-likeness (QED) is 0.600. The topological polar surface area (TPSA) is 70.6 Å². The molecule has 0 heterocycles. The van der Waals surface area contributed by atoms with Gasteiger partial charge in [-0.15, -0.1) is 0 Å². The molecule has 5 heteroatoms. The standard InChI is InChI=1S/C13H20N2O3/c1-2-14-12-6-4-3-5-11(12)13(17)15-7-9-18-10-8-16/h3-6,14,16H,2,7-10H2,1H3,(H,15,17). The molecule has 0 bridgehead atoms. The second-order valence-electron chi connectivity index (χ2n) is 3.67. The van der Waals surface area contributed by atoms with Gasteiger partial charge >= 0.3 is 0 Å². The van der Waals surface area contributed by atoms with E-state index in [9.17, 15) is 4.79 Å². The molecule has 3 N–H and O–H groups in total. The molecule has 1 aromatic carbocycles. The number of anilines is 1. The van der Waals surface area contributed by atoms with Crippen LogP contribution >= 0.6 is 0 Å². The average Bonchev–Trinajstić information content (AvgIpc) is 2.39. The Kier molecular flexibility index (Phi) is 6.83. The number of carbonyl (C=O) groups is 1. The van der Waals surface area contributed by atoms with Gasteiger partial charge in [-0.05, 0) is 19.1 Å². The molecule has 100 valence electrons. The number of hydrogen-bond donors (Lipinski definition) is 3. The van der Waals surface area contributed by atoms with Crippen LogP contribution in [0.25, 0.3) is 0 Å². The highest BCUT2D eigenvalue weighted by molar-refractivity contribution is 5.99. The van der Waals surface area contributed by atoms with Crippen molar-refractivity contribution >= 4 is 11.6 Å². The van der Waals surface area contributed by atoms with Crippen LogP contribution in [-0.4, -0.2) is 43.9 Å². The molecule has 0 saturated heterocycles. The summed E-state index contributed by atoms with van der Waals surface area (Å²) in [7, 11) is 0. The number of ether oxygens (including phenoxy) is 1. The molecule has 0 aliphatic heterocycles. The third-order valence-corrected chi connectivity index (χ3v) is 2.31. The molecule has 0 spiro atoms. The van der Waals surface area contributed by atoms with Crippen molar-refractivity contribution in [2.24, 2.45) is 0 Å². The van der Waals surface area contributed by atoms with Gasteiger partial charge in [-0.1, -0.05) is 12.1 Å². The molecule has 5 nitrogen and oxygen atoms in total. The van der Waals surface area contributed by atoms with Gasteiger partial charge in [0.25, 0.3) is 5.91 Å². The first-order valence-electron chi connectivity index (χ1n) is 6.09. The van der Waals surface area contributed by atoms with Crippen molar-refractivity contribution in [3.8, 4) is 0 Å². The number of benzene rings is 1. The fraction of sp³-hybridized carbons (Fsp3) is 0.462. The lowest BCUT2D eigenvalue weighted by molar-refractivity contribution is 0.0838. The Balaban J connectivity index is 2.45. The van der Waals surface area contributed by atoms with Crippen LogP contribution in [0.4, 0.5) is 5.69 Å². The summed E-state index contributed by atoms with van der Waals surface area (Å²) in [6.07, 6.45) is 0. The minimum absolute atomic E-state index is 0.00278. The van der Waals surface area contributed by atoms with Crippen molar-refractivity contribution in [2.45, 2.75) is 6.92 Å². The normalized spacial score (nSPS) is 10.1. The Morgan fingerprint density at radius 2 is 2.11 bits per heavy atom. The number of aliphatic hydroxyl groups is 1. The van der Waals surface area contributed by atoms with Crippen LogP contribution < -0.4 is 10.6 Å². The van der Waals surface area contributed by atoms with E-state index in [1.54, 1.807) is 6.07 Å². The van der Waals surface area contributed by atoms with Crippen LogP contribution in [0.3, 0.4) is 0 Å². The van der Waals surface area contributed by atoms with E-state index in [2.05, 4.69) is 10.6 Å². The number of amides is 1. The molecule has 0 radical (unpaired) electrons. The molecule has 0 unspecified atom stereocenters. The number of nitrogens with one attached hydrogen (secondary N) is 2. The fourth-order valence-electron chi connectivity index (χ4n) is 1.52. The Morgan fingerprint density at radius 3 is 2.83 bits per heavy atom. The summed E-state index contributed by atoms with van der Waals surface area (Å²) in [6, 6.07) is 7.37. The third kappa shape index (κ3) is 4.73. The van der Waals surface area contributed by atoms with Crippen LogP contribution in [0, 0.1) is 0 Å². The van der Waals surface area contributed by atoms with Crippen molar-refractivity contribution in [3.05, 3.63) is 29.8 Å². The summed E-state index contributed by atoms with van der Waals surface area (Å²) in [5.74, 6) is -0.126. The summed E-state index contributed by atoms with van der Waals surface area (Å²) in [6.45, 7) is 3.87. The lowest BCUT2D eigenvalue weighted by Gasteiger charge is -2.10. The second kappa shape index (κ2) is 8.49. The van der Waals surface area contributed by atoms with Gasteiger partial charge in [-0.25, -0.2) is 0 Å². The smallest absolute Gasteiger partial charge is 0.253 e. The SMILES string of the molecule is CCNc1ccccc1C(=O)NCCOCCO. The van der Waals surface area contributed by atoms with E-state index in [0.29, 0.717) is 25.3 Å². The van der Waals surface area contributed by atoms with Gasteiger partial charge in [0.05, 0.1) is 25.4 Å². The molecular formula is C13H20N2O3. The van der Waals surface area contributed by atoms with Crippen molar-refractivity contribution in [1.29, 1.82) is 0 Å². The number of aliphatic hydroxyl groups excluding tert-OH is 1. The molecule has 1 amide bonds. The molecule has 18 heavy (non-hydrogen) atoms. The Bertz CT molecular complexity index is 369. The lowest BCUT2D eigenvalue weighted by atomic mass is 10.1. The van der Waals surface area contributed by atoms with Crippen LogP contribution in [0.1, 0.15) is 17.3 Å². The van der Waals surface area contributed by atoms with Crippen molar-refractivity contribution in [1.82, 2.24) is 5.32 Å². The molecule has 0 aliphatic carbocycles. The first-order chi connectivity index (χ1) is 8.79. The van der Waals surface area contributed by atoms with Crippen molar-refractivity contribution in [3.63, 3.8) is 0 Å². The Labute approximate surface area is 107 Å². The highest BCUT2D eigenvalue weighted by atomic mass is 16.5. The van der Waals surface area contributed by atoms with E-state index in [1.807, 2.05) is 25.1 Å². The molecule has 0 aliphatic rings. The predicted molar refractivity (Wildman–Crippen MR) is 70.8 cm³/mol. The maximum Gasteiger partial charge on any atom is 0.253 e. The number of para-hydroxylation sites is 1. The summed E-state index contributed by atoms with van der Waals surface area (Å²) in [5, 5.41) is 14.4. The van der Waals surface area contributed by atoms with E-state index >= 15 is 0 Å². The van der Waals surface area contributed by atoms with E-state index < -0.39 is 0 Å². The zero-order chi connectivity index (χ0) is 13.2. The van der Waals surface area contributed by atoms with Gasteiger partial charge in [-0.3, -0.25) is 4.79 Å². The maximum atomic E-state index is 11.9. The van der Waals surface area contributed by atoms with E-state index in [0.717, 1.165) is 12.2 Å². The van der Waals surface area contributed by atoms with Gasteiger partial charge in [0.2, 0.25) is 0 Å². The Hall–Kier alpha value is -1.59. The van der Waals surface area contributed by atoms with Gasteiger partial charge in [0, 0.05) is 18.8 Å². The molecule has 0 saturated carbocycles. The minimum atomic E-state index is -0.126. The first-order valence-corrected chi connectivity index (χ1v) is 6.09. The van der Waals surface area contributed by atoms with Gasteiger partial charge < -0.3 is 20.5 Å². The molecular weight excluding hydrogens is 232 g/mol. The van der Waals surface area contributed by atoms with Crippen LogP contribution in [0.15, 0.2) is 24.3 Å². The molecule has 1 aromatic rings. The second-order valence-corrected chi connectivity index (χ2v) is 3.67.